The molecule has 9 nitrogen and oxygen atoms in total. The highest BCUT2D eigenvalue weighted by atomic mass is 16.5. The summed E-state index contributed by atoms with van der Waals surface area (Å²) >= 11 is 0. The standard InChI is InChI=1S/C22H27N7O2/c30-21-19(17-6-3-7-18(25-17)28-9-1-2-10-28)20(24-16-5-4-8-23-15-16)26-22(27-21)29-11-13-31-14-12-29/h1-3,6-7,9-10,16,23H,4-5,8,11-15H2,(H2,24,26,27,30)/t16-/m1/s1. The number of nitrogens with zero attached hydrogens (tertiary/aromatic N) is 4. The van der Waals surface area contributed by atoms with Crippen LogP contribution in [-0.4, -0.2) is 65.0 Å². The number of hydrogen-bond acceptors (Lipinski definition) is 7. The predicted molar refractivity (Wildman–Crippen MR) is 120 cm³/mol. The maximum Gasteiger partial charge on any atom is 0.263 e. The average Bonchev–Trinajstić information content (AvgIpc) is 3.35. The Morgan fingerprint density at radius 2 is 1.94 bits per heavy atom. The van der Waals surface area contributed by atoms with Gasteiger partial charge >= 0.3 is 0 Å². The van der Waals surface area contributed by atoms with Crippen LogP contribution < -0.4 is 21.1 Å². The van der Waals surface area contributed by atoms with Gasteiger partial charge in [-0.15, -0.1) is 0 Å². The number of nitrogens with one attached hydrogen (secondary N) is 3. The van der Waals surface area contributed by atoms with Gasteiger partial charge in [-0.2, -0.15) is 4.98 Å². The second kappa shape index (κ2) is 8.91. The highest BCUT2D eigenvalue weighted by molar-refractivity contribution is 5.73. The van der Waals surface area contributed by atoms with Gasteiger partial charge < -0.3 is 24.8 Å². The van der Waals surface area contributed by atoms with Crippen molar-refractivity contribution in [3.8, 4) is 17.1 Å². The van der Waals surface area contributed by atoms with Crippen LogP contribution in [0.1, 0.15) is 12.8 Å². The predicted octanol–water partition coefficient (Wildman–Crippen LogP) is 1.62. The summed E-state index contributed by atoms with van der Waals surface area (Å²) in [7, 11) is 0. The molecule has 162 valence electrons. The molecule has 0 radical (unpaired) electrons. The van der Waals surface area contributed by atoms with Crippen LogP contribution in [0.4, 0.5) is 11.8 Å². The van der Waals surface area contributed by atoms with Crippen LogP contribution in [0.15, 0.2) is 47.5 Å². The lowest BCUT2D eigenvalue weighted by Crippen LogP contribution is -2.40. The van der Waals surface area contributed by atoms with Crippen LogP contribution in [0.25, 0.3) is 17.1 Å². The quantitative estimate of drug-likeness (QED) is 0.576. The Morgan fingerprint density at radius 1 is 1.10 bits per heavy atom. The summed E-state index contributed by atoms with van der Waals surface area (Å²) in [5, 5.41) is 6.94. The normalized spacial score (nSPS) is 19.4. The number of aromatic nitrogens is 4. The third-order valence-corrected chi connectivity index (χ3v) is 5.71. The minimum atomic E-state index is -0.195. The second-order valence-electron chi connectivity index (χ2n) is 7.87. The second-order valence-corrected chi connectivity index (χ2v) is 7.87. The fourth-order valence-electron chi connectivity index (χ4n) is 4.09. The van der Waals surface area contributed by atoms with E-state index < -0.39 is 0 Å². The molecule has 0 aromatic carbocycles. The van der Waals surface area contributed by atoms with E-state index >= 15 is 0 Å². The molecular formula is C22H27N7O2. The highest BCUT2D eigenvalue weighted by Gasteiger charge is 2.22. The van der Waals surface area contributed by atoms with Crippen LogP contribution in [0.2, 0.25) is 0 Å². The van der Waals surface area contributed by atoms with E-state index in [4.69, 9.17) is 14.7 Å². The number of hydrogen-bond donors (Lipinski definition) is 3. The molecule has 2 saturated heterocycles. The van der Waals surface area contributed by atoms with E-state index in [1.165, 1.54) is 0 Å². The molecule has 0 saturated carbocycles. The first-order valence-electron chi connectivity index (χ1n) is 10.8. The summed E-state index contributed by atoms with van der Waals surface area (Å²) in [6.45, 7) is 4.52. The first-order chi connectivity index (χ1) is 15.3. The van der Waals surface area contributed by atoms with Gasteiger partial charge in [0, 0.05) is 38.1 Å². The van der Waals surface area contributed by atoms with Crippen LogP contribution in [0, 0.1) is 0 Å². The third kappa shape index (κ3) is 4.33. The minimum absolute atomic E-state index is 0.195. The van der Waals surface area contributed by atoms with E-state index in [9.17, 15) is 4.79 Å². The van der Waals surface area contributed by atoms with E-state index in [0.29, 0.717) is 49.3 Å². The first kappa shape index (κ1) is 19.8. The third-order valence-electron chi connectivity index (χ3n) is 5.71. The molecule has 31 heavy (non-hydrogen) atoms. The summed E-state index contributed by atoms with van der Waals surface area (Å²) in [5.74, 6) is 1.91. The number of pyridine rings is 1. The molecular weight excluding hydrogens is 394 g/mol. The van der Waals surface area contributed by atoms with Gasteiger partial charge in [0.05, 0.1) is 18.9 Å². The Labute approximate surface area is 180 Å². The lowest BCUT2D eigenvalue weighted by atomic mass is 10.1. The number of aromatic amines is 1. The molecule has 0 amide bonds. The molecule has 0 unspecified atom stereocenters. The molecule has 3 aromatic rings. The maximum absolute atomic E-state index is 13.3. The Kier molecular flexibility index (Phi) is 5.68. The van der Waals surface area contributed by atoms with Crippen molar-refractivity contribution >= 4 is 11.8 Å². The number of rotatable bonds is 5. The van der Waals surface area contributed by atoms with Crippen molar-refractivity contribution in [2.24, 2.45) is 0 Å². The molecule has 3 N–H and O–H groups in total. The van der Waals surface area contributed by atoms with Gasteiger partial charge in [-0.25, -0.2) is 4.98 Å². The number of piperidine rings is 1. The number of H-pyrrole nitrogens is 1. The summed E-state index contributed by atoms with van der Waals surface area (Å²) in [6.07, 6.45) is 5.99. The Hall–Kier alpha value is -3.17. The molecule has 2 aliphatic heterocycles. The van der Waals surface area contributed by atoms with Crippen molar-refractivity contribution in [1.82, 2.24) is 24.8 Å². The van der Waals surface area contributed by atoms with Gasteiger partial charge in [-0.3, -0.25) is 9.78 Å². The first-order valence-corrected chi connectivity index (χ1v) is 10.8. The zero-order chi connectivity index (χ0) is 21.0. The van der Waals surface area contributed by atoms with Crippen molar-refractivity contribution < 1.29 is 4.74 Å². The van der Waals surface area contributed by atoms with Gasteiger partial charge in [-0.05, 0) is 43.7 Å². The lowest BCUT2D eigenvalue weighted by molar-refractivity contribution is 0.122. The summed E-state index contributed by atoms with van der Waals surface area (Å²) in [5.41, 5.74) is 0.872. The number of ether oxygens (including phenoxy) is 1. The summed E-state index contributed by atoms with van der Waals surface area (Å²) < 4.78 is 7.37. The molecule has 3 aromatic heterocycles. The molecule has 0 aliphatic carbocycles. The zero-order valence-corrected chi connectivity index (χ0v) is 17.4. The molecule has 2 fully saturated rings. The zero-order valence-electron chi connectivity index (χ0n) is 17.4. The van der Waals surface area contributed by atoms with Gasteiger partial charge in [0.15, 0.2) is 0 Å². The molecule has 0 spiro atoms. The van der Waals surface area contributed by atoms with Crippen molar-refractivity contribution in [2.45, 2.75) is 18.9 Å². The maximum atomic E-state index is 13.3. The van der Waals surface area contributed by atoms with E-state index in [0.717, 1.165) is 31.7 Å². The van der Waals surface area contributed by atoms with Crippen LogP contribution >= 0.6 is 0 Å². The van der Waals surface area contributed by atoms with Crippen molar-refractivity contribution in [3.63, 3.8) is 0 Å². The lowest BCUT2D eigenvalue weighted by Gasteiger charge is -2.29. The number of morpholine rings is 1. The average molecular weight is 422 g/mol. The van der Waals surface area contributed by atoms with Gasteiger partial charge in [-0.1, -0.05) is 6.07 Å². The Balaban J connectivity index is 1.56. The van der Waals surface area contributed by atoms with Gasteiger partial charge in [0.25, 0.3) is 5.56 Å². The number of anilines is 2. The smallest absolute Gasteiger partial charge is 0.263 e. The molecule has 2 aliphatic rings. The Bertz CT molecular complexity index is 1070. The van der Waals surface area contributed by atoms with Crippen LogP contribution in [0.3, 0.4) is 0 Å². The van der Waals surface area contributed by atoms with Gasteiger partial charge in [0.1, 0.15) is 17.2 Å². The SMILES string of the molecule is O=c1[nH]c(N2CCOCC2)nc(N[C@@H]2CCCNC2)c1-c1cccc(-n2cccc2)n1. The van der Waals surface area contributed by atoms with E-state index in [1.54, 1.807) is 0 Å². The fourth-order valence-corrected chi connectivity index (χ4v) is 4.09. The fraction of sp³-hybridized carbons (Fsp3) is 0.409. The van der Waals surface area contributed by atoms with Crippen molar-refractivity contribution in [2.75, 3.05) is 49.6 Å². The van der Waals surface area contributed by atoms with Crippen molar-refractivity contribution in [3.05, 3.63) is 53.1 Å². The van der Waals surface area contributed by atoms with E-state index in [-0.39, 0.29) is 11.6 Å². The molecule has 9 heteroatoms. The summed E-state index contributed by atoms with van der Waals surface area (Å²) in [6, 6.07) is 9.81. The summed E-state index contributed by atoms with van der Waals surface area (Å²) in [4.78, 5) is 27.9. The topological polar surface area (TPSA) is 100 Å². The van der Waals surface area contributed by atoms with Crippen LogP contribution in [-0.2, 0) is 4.74 Å². The molecule has 5 heterocycles. The Morgan fingerprint density at radius 3 is 2.71 bits per heavy atom. The van der Waals surface area contributed by atoms with Crippen LogP contribution in [0.5, 0.6) is 0 Å². The van der Waals surface area contributed by atoms with E-state index in [1.807, 2.05) is 47.3 Å². The largest absolute Gasteiger partial charge is 0.378 e. The monoisotopic (exact) mass is 421 g/mol. The minimum Gasteiger partial charge on any atom is -0.378 e. The van der Waals surface area contributed by atoms with Crippen molar-refractivity contribution in [1.29, 1.82) is 0 Å². The van der Waals surface area contributed by atoms with Gasteiger partial charge in [0.2, 0.25) is 5.95 Å². The van der Waals surface area contributed by atoms with E-state index in [2.05, 4.69) is 20.5 Å². The molecule has 1 atom stereocenters. The molecule has 5 rings (SSSR count). The molecule has 0 bridgehead atoms. The highest BCUT2D eigenvalue weighted by Crippen LogP contribution is 2.25.